The van der Waals surface area contributed by atoms with Crippen molar-refractivity contribution < 1.29 is 47.3 Å². The van der Waals surface area contributed by atoms with Crippen molar-refractivity contribution in [2.24, 2.45) is 0 Å². The van der Waals surface area contributed by atoms with Gasteiger partial charge in [-0.25, -0.2) is 8.42 Å². The van der Waals surface area contributed by atoms with Crippen LogP contribution < -0.4 is 40.0 Å². The summed E-state index contributed by atoms with van der Waals surface area (Å²) in [6, 6.07) is 8.42. The Labute approximate surface area is 154 Å². The van der Waals surface area contributed by atoms with Crippen molar-refractivity contribution in [3.8, 4) is 11.5 Å². The number of nitrogens with two attached hydrogens (primary N) is 1. The number of rotatable bonds is 3. The van der Waals surface area contributed by atoms with E-state index < -0.39 is 15.0 Å². The van der Waals surface area contributed by atoms with Crippen molar-refractivity contribution in [3.63, 3.8) is 0 Å². The van der Waals surface area contributed by atoms with Crippen LogP contribution in [0.1, 0.15) is 0 Å². The quantitative estimate of drug-likeness (QED) is 0.484. The van der Waals surface area contributed by atoms with Crippen LogP contribution in [0.15, 0.2) is 41.3 Å². The minimum Gasteiger partial charge on any atom is -0.744 e. The van der Waals surface area contributed by atoms with Gasteiger partial charge in [-0.15, -0.1) is 0 Å². The maximum absolute atomic E-state index is 11.2. The van der Waals surface area contributed by atoms with E-state index in [9.17, 15) is 13.0 Å². The van der Waals surface area contributed by atoms with Gasteiger partial charge in [0.25, 0.3) is 0 Å². The van der Waals surface area contributed by atoms with Crippen LogP contribution in [0.3, 0.4) is 0 Å². The summed E-state index contributed by atoms with van der Waals surface area (Å²) in [4.78, 5) is -0.619. The first-order valence-corrected chi connectivity index (χ1v) is 7.42. The van der Waals surface area contributed by atoms with Gasteiger partial charge in [-0.2, -0.15) is 0 Å². The third-order valence-corrected chi connectivity index (χ3v) is 3.68. The Morgan fingerprint density at radius 1 is 1.10 bits per heavy atom. The van der Waals surface area contributed by atoms with E-state index in [-0.39, 0.29) is 51.1 Å². The minimum atomic E-state index is -4.78. The number of anilines is 1. The number of hydrogen-bond donors (Lipinski definition) is 1. The molecule has 0 aliphatic rings. The molecule has 2 aromatic carbocycles. The second-order valence-corrected chi connectivity index (χ2v) is 6.03. The standard InChI is InChI=1S/C12H9Cl2NO4S.Na/c13-7-5-10(14)12(11(6-7)20(16,17)18)19-9-3-1-8(15)2-4-9;/h1-6H,15H2,(H,16,17,18);/q;+1/p-1. The summed E-state index contributed by atoms with van der Waals surface area (Å²) in [5, 5.41) is -0.0576. The average molecular weight is 356 g/mol. The monoisotopic (exact) mass is 355 g/mol. The Morgan fingerprint density at radius 3 is 2.19 bits per heavy atom. The van der Waals surface area contributed by atoms with Crippen LogP contribution in [0.25, 0.3) is 0 Å². The van der Waals surface area contributed by atoms with E-state index >= 15 is 0 Å². The minimum absolute atomic E-state index is 0. The van der Waals surface area contributed by atoms with Gasteiger partial charge in [0.05, 0.1) is 9.92 Å². The molecule has 0 bridgehead atoms. The molecule has 106 valence electrons. The number of hydrogen-bond acceptors (Lipinski definition) is 5. The molecule has 0 spiro atoms. The molecule has 2 N–H and O–H groups in total. The maximum Gasteiger partial charge on any atom is 1.00 e. The topological polar surface area (TPSA) is 92.5 Å². The van der Waals surface area contributed by atoms with E-state index in [0.29, 0.717) is 5.69 Å². The Kier molecular flexibility index (Phi) is 6.36. The molecule has 0 heterocycles. The molecular formula is C12H8Cl2NNaO4S. The third-order valence-electron chi connectivity index (χ3n) is 2.34. The zero-order valence-electron chi connectivity index (χ0n) is 10.8. The molecule has 0 saturated heterocycles. The van der Waals surface area contributed by atoms with Crippen LogP contribution >= 0.6 is 23.2 Å². The average Bonchev–Trinajstić information content (AvgIpc) is 2.33. The van der Waals surface area contributed by atoms with E-state index in [1.807, 2.05) is 0 Å². The van der Waals surface area contributed by atoms with E-state index in [4.69, 9.17) is 33.7 Å². The first kappa shape index (κ1) is 18.6. The summed E-state index contributed by atoms with van der Waals surface area (Å²) in [6.07, 6.45) is 0. The number of halogens is 2. The van der Waals surface area contributed by atoms with Gasteiger partial charge < -0.3 is 15.0 Å². The second-order valence-electron chi connectivity index (χ2n) is 3.84. The second kappa shape index (κ2) is 7.19. The van der Waals surface area contributed by atoms with Crippen LogP contribution in [0, 0.1) is 0 Å². The Balaban J connectivity index is 0.00000220. The van der Waals surface area contributed by atoms with E-state index in [0.717, 1.165) is 6.07 Å². The van der Waals surface area contributed by atoms with Crippen LogP contribution in [-0.2, 0) is 10.1 Å². The molecule has 0 aliphatic carbocycles. The summed E-state index contributed by atoms with van der Waals surface area (Å²) in [5.74, 6) is 0.0177. The summed E-state index contributed by atoms with van der Waals surface area (Å²) in [6.45, 7) is 0. The van der Waals surface area contributed by atoms with Crippen molar-refractivity contribution in [3.05, 3.63) is 46.4 Å². The molecule has 0 atom stereocenters. The fourth-order valence-corrected chi connectivity index (χ4v) is 2.78. The Hall–Kier alpha value is -0.470. The zero-order valence-corrected chi connectivity index (χ0v) is 15.2. The predicted molar refractivity (Wildman–Crippen MR) is 75.4 cm³/mol. The molecule has 0 aromatic heterocycles. The number of ether oxygens (including phenoxy) is 1. The van der Waals surface area contributed by atoms with E-state index in [1.54, 1.807) is 12.1 Å². The summed E-state index contributed by atoms with van der Waals surface area (Å²) in [7, 11) is -4.78. The third kappa shape index (κ3) is 4.75. The van der Waals surface area contributed by atoms with Gasteiger partial charge in [0.15, 0.2) is 5.75 Å². The molecule has 0 saturated carbocycles. The van der Waals surface area contributed by atoms with Crippen molar-refractivity contribution in [1.29, 1.82) is 0 Å². The van der Waals surface area contributed by atoms with Gasteiger partial charge in [0.1, 0.15) is 15.9 Å². The Bertz CT molecular complexity index is 751. The van der Waals surface area contributed by atoms with Crippen LogP contribution in [0.4, 0.5) is 5.69 Å². The van der Waals surface area contributed by atoms with Crippen molar-refractivity contribution >= 4 is 39.0 Å². The Morgan fingerprint density at radius 2 is 1.67 bits per heavy atom. The van der Waals surface area contributed by atoms with Crippen molar-refractivity contribution in [1.82, 2.24) is 0 Å². The van der Waals surface area contributed by atoms with Crippen molar-refractivity contribution in [2.75, 3.05) is 5.73 Å². The normalized spacial score (nSPS) is 10.8. The zero-order chi connectivity index (χ0) is 14.9. The SMILES string of the molecule is Nc1ccc(Oc2c(Cl)cc(Cl)cc2S(=O)(=O)[O-])cc1.[Na+]. The van der Waals surface area contributed by atoms with Gasteiger partial charge in [-0.3, -0.25) is 0 Å². The van der Waals surface area contributed by atoms with Crippen LogP contribution in [-0.4, -0.2) is 13.0 Å². The smallest absolute Gasteiger partial charge is 0.744 e. The van der Waals surface area contributed by atoms with Crippen LogP contribution in [0.5, 0.6) is 11.5 Å². The molecule has 2 aromatic rings. The number of benzene rings is 2. The van der Waals surface area contributed by atoms with Gasteiger partial charge in [-0.05, 0) is 36.4 Å². The molecule has 0 unspecified atom stereocenters. The molecule has 0 amide bonds. The fraction of sp³-hybridized carbons (Fsp3) is 0. The first-order valence-electron chi connectivity index (χ1n) is 5.26. The molecular weight excluding hydrogens is 348 g/mol. The van der Waals surface area contributed by atoms with Crippen molar-refractivity contribution in [2.45, 2.75) is 4.90 Å². The molecule has 21 heavy (non-hydrogen) atoms. The van der Waals surface area contributed by atoms with E-state index in [2.05, 4.69) is 0 Å². The van der Waals surface area contributed by atoms with Gasteiger partial charge in [-0.1, -0.05) is 23.2 Å². The maximum atomic E-state index is 11.2. The van der Waals surface area contributed by atoms with Gasteiger partial charge >= 0.3 is 29.6 Å². The van der Waals surface area contributed by atoms with E-state index in [1.165, 1.54) is 18.2 Å². The fourth-order valence-electron chi connectivity index (χ4n) is 1.48. The first-order chi connectivity index (χ1) is 9.27. The molecule has 5 nitrogen and oxygen atoms in total. The molecule has 2 rings (SSSR count). The van der Waals surface area contributed by atoms with Gasteiger partial charge in [0.2, 0.25) is 0 Å². The largest absolute Gasteiger partial charge is 1.00 e. The molecule has 0 radical (unpaired) electrons. The summed E-state index contributed by atoms with van der Waals surface area (Å²) >= 11 is 11.6. The summed E-state index contributed by atoms with van der Waals surface area (Å²) in [5.41, 5.74) is 6.03. The van der Waals surface area contributed by atoms with Gasteiger partial charge in [0, 0.05) is 10.7 Å². The molecule has 0 aliphatic heterocycles. The van der Waals surface area contributed by atoms with Crippen LogP contribution in [0.2, 0.25) is 10.0 Å². The summed E-state index contributed by atoms with van der Waals surface area (Å²) < 4.78 is 39.0. The predicted octanol–water partition coefficient (Wildman–Crippen LogP) is 0.276. The molecule has 9 heteroatoms. The molecule has 0 fully saturated rings. The number of nitrogen functional groups attached to an aromatic ring is 1.